The molecule has 0 aromatic heterocycles. The van der Waals surface area contributed by atoms with Crippen LogP contribution in [0.3, 0.4) is 0 Å². The van der Waals surface area contributed by atoms with Gasteiger partial charge in [-0.3, -0.25) is 9.52 Å². The number of esters is 1. The van der Waals surface area contributed by atoms with Crippen LogP contribution in [-0.4, -0.2) is 33.7 Å². The van der Waals surface area contributed by atoms with Crippen molar-refractivity contribution in [3.05, 3.63) is 48.0 Å². The lowest BCUT2D eigenvalue weighted by Crippen LogP contribution is -2.19. The van der Waals surface area contributed by atoms with Crippen molar-refractivity contribution in [2.24, 2.45) is 5.92 Å². The number of benzene rings is 2. The minimum atomic E-state index is -3.93. The Balaban J connectivity index is 2.35. The maximum Gasteiger partial charge on any atom is 0.337 e. The Morgan fingerprint density at radius 2 is 1.82 bits per heavy atom. The van der Waals surface area contributed by atoms with Crippen LogP contribution in [0.15, 0.2) is 52.3 Å². The highest BCUT2D eigenvalue weighted by Gasteiger charge is 2.19. The van der Waals surface area contributed by atoms with Crippen LogP contribution in [-0.2, 0) is 19.6 Å². The van der Waals surface area contributed by atoms with Gasteiger partial charge in [-0.15, -0.1) is 11.8 Å². The molecule has 2 rings (SSSR count). The van der Waals surface area contributed by atoms with Gasteiger partial charge in [0.2, 0.25) is 5.91 Å². The van der Waals surface area contributed by atoms with Crippen molar-refractivity contribution in [1.29, 1.82) is 0 Å². The zero-order valence-corrected chi connectivity index (χ0v) is 17.6. The molecule has 0 unspecified atom stereocenters. The normalized spacial score (nSPS) is 11.2. The molecule has 2 N–H and O–H groups in total. The van der Waals surface area contributed by atoms with E-state index in [0.717, 1.165) is 4.90 Å². The molecule has 0 heterocycles. The van der Waals surface area contributed by atoms with Crippen LogP contribution in [0.4, 0.5) is 11.4 Å². The highest BCUT2D eigenvalue weighted by Crippen LogP contribution is 2.29. The van der Waals surface area contributed by atoms with E-state index in [9.17, 15) is 18.0 Å². The van der Waals surface area contributed by atoms with Gasteiger partial charge in [-0.2, -0.15) is 0 Å². The number of amides is 1. The first-order valence-corrected chi connectivity index (χ1v) is 11.1. The third kappa shape index (κ3) is 5.26. The summed E-state index contributed by atoms with van der Waals surface area (Å²) in [4.78, 5) is 24.4. The third-order valence-corrected chi connectivity index (χ3v) is 5.97. The second-order valence-electron chi connectivity index (χ2n) is 6.18. The van der Waals surface area contributed by atoms with Gasteiger partial charge >= 0.3 is 5.97 Å². The Kier molecular flexibility index (Phi) is 7.09. The molecule has 2 aromatic rings. The van der Waals surface area contributed by atoms with E-state index in [4.69, 9.17) is 0 Å². The Hall–Kier alpha value is -2.52. The lowest BCUT2D eigenvalue weighted by Gasteiger charge is -2.14. The average Bonchev–Trinajstić information content (AvgIpc) is 2.67. The molecule has 0 fully saturated rings. The van der Waals surface area contributed by atoms with Gasteiger partial charge in [-0.1, -0.05) is 19.9 Å². The first-order chi connectivity index (χ1) is 13.2. The fourth-order valence-electron chi connectivity index (χ4n) is 2.27. The third-order valence-electron chi connectivity index (χ3n) is 3.80. The second-order valence-corrected chi connectivity index (χ2v) is 8.71. The minimum absolute atomic E-state index is 0.00664. The molecule has 0 aliphatic carbocycles. The van der Waals surface area contributed by atoms with E-state index < -0.39 is 16.0 Å². The summed E-state index contributed by atoms with van der Waals surface area (Å²) in [5.74, 6) is -1.01. The Labute approximate surface area is 168 Å². The molecule has 0 spiro atoms. The minimum Gasteiger partial charge on any atom is -0.465 e. The van der Waals surface area contributed by atoms with Crippen LogP contribution in [0.1, 0.15) is 24.2 Å². The smallest absolute Gasteiger partial charge is 0.337 e. The van der Waals surface area contributed by atoms with Crippen molar-refractivity contribution >= 4 is 45.0 Å². The van der Waals surface area contributed by atoms with Crippen molar-refractivity contribution in [2.45, 2.75) is 23.6 Å². The molecule has 9 heteroatoms. The van der Waals surface area contributed by atoms with Crippen molar-refractivity contribution in [2.75, 3.05) is 23.4 Å². The molecule has 28 heavy (non-hydrogen) atoms. The average molecular weight is 423 g/mol. The monoisotopic (exact) mass is 422 g/mol. The molecule has 2 aromatic carbocycles. The molecule has 0 saturated carbocycles. The molecular formula is C19H22N2O5S2. The maximum atomic E-state index is 12.8. The number of rotatable bonds is 7. The number of thioether (sulfide) groups is 1. The molecule has 0 aliphatic rings. The van der Waals surface area contributed by atoms with Crippen molar-refractivity contribution in [3.8, 4) is 0 Å². The number of anilines is 2. The van der Waals surface area contributed by atoms with E-state index >= 15 is 0 Å². The van der Waals surface area contributed by atoms with Gasteiger partial charge in [0, 0.05) is 16.5 Å². The standard InChI is InChI=1S/C19H22N2O5S2/c1-12(2)18(22)20-16-11-15(8-9-17(16)27-4)28(24,25)21-14-7-5-6-13(10-14)19(23)26-3/h5-12,21H,1-4H3,(H,20,22). The van der Waals surface area contributed by atoms with E-state index in [1.807, 2.05) is 6.26 Å². The van der Waals surface area contributed by atoms with Crippen LogP contribution < -0.4 is 10.0 Å². The van der Waals surface area contributed by atoms with Gasteiger partial charge in [0.05, 0.1) is 23.3 Å². The van der Waals surface area contributed by atoms with Gasteiger partial charge in [0.25, 0.3) is 10.0 Å². The van der Waals surface area contributed by atoms with Crippen LogP contribution in [0, 0.1) is 5.92 Å². The van der Waals surface area contributed by atoms with Gasteiger partial charge in [-0.25, -0.2) is 13.2 Å². The van der Waals surface area contributed by atoms with Crippen molar-refractivity contribution in [1.82, 2.24) is 0 Å². The van der Waals surface area contributed by atoms with E-state index in [0.29, 0.717) is 5.69 Å². The van der Waals surface area contributed by atoms with Gasteiger partial charge in [-0.05, 0) is 42.7 Å². The zero-order chi connectivity index (χ0) is 20.9. The van der Waals surface area contributed by atoms with E-state index in [2.05, 4.69) is 14.8 Å². The van der Waals surface area contributed by atoms with E-state index in [1.165, 1.54) is 49.2 Å². The Morgan fingerprint density at radius 3 is 2.43 bits per heavy atom. The van der Waals surface area contributed by atoms with Gasteiger partial charge in [0.1, 0.15) is 0 Å². The first kappa shape index (κ1) is 21.8. The summed E-state index contributed by atoms with van der Waals surface area (Å²) in [6.07, 6.45) is 1.84. The summed E-state index contributed by atoms with van der Waals surface area (Å²) < 4.78 is 32.6. The molecule has 7 nitrogen and oxygen atoms in total. The summed E-state index contributed by atoms with van der Waals surface area (Å²) in [5, 5.41) is 2.76. The number of ether oxygens (including phenoxy) is 1. The molecule has 0 bridgehead atoms. The summed E-state index contributed by atoms with van der Waals surface area (Å²) in [5.41, 5.74) is 0.882. The fourth-order valence-corrected chi connectivity index (χ4v) is 3.88. The lowest BCUT2D eigenvalue weighted by molar-refractivity contribution is -0.118. The number of sulfonamides is 1. The Morgan fingerprint density at radius 1 is 1.11 bits per heavy atom. The zero-order valence-electron chi connectivity index (χ0n) is 16.0. The molecule has 0 aliphatic heterocycles. The second kappa shape index (κ2) is 9.11. The first-order valence-electron chi connectivity index (χ1n) is 8.38. The summed E-state index contributed by atoms with van der Waals surface area (Å²) >= 11 is 1.40. The summed E-state index contributed by atoms with van der Waals surface area (Å²) in [6.45, 7) is 3.51. The highest BCUT2D eigenvalue weighted by atomic mass is 32.2. The highest BCUT2D eigenvalue weighted by molar-refractivity contribution is 7.98. The number of methoxy groups -OCH3 is 1. The predicted octanol–water partition coefficient (Wildman–Crippen LogP) is 3.59. The van der Waals surface area contributed by atoms with Crippen LogP contribution in [0.5, 0.6) is 0 Å². The predicted molar refractivity (Wildman–Crippen MR) is 110 cm³/mol. The fraction of sp³-hybridized carbons (Fsp3) is 0.263. The number of carbonyl (C=O) groups excluding carboxylic acids is 2. The van der Waals surface area contributed by atoms with Crippen molar-refractivity contribution < 1.29 is 22.7 Å². The molecule has 0 atom stereocenters. The maximum absolute atomic E-state index is 12.8. The molecule has 0 radical (unpaired) electrons. The van der Waals surface area contributed by atoms with Crippen molar-refractivity contribution in [3.63, 3.8) is 0 Å². The lowest BCUT2D eigenvalue weighted by atomic mass is 10.2. The number of nitrogens with one attached hydrogen (secondary N) is 2. The Bertz CT molecular complexity index is 988. The van der Waals surface area contributed by atoms with E-state index in [1.54, 1.807) is 26.0 Å². The topological polar surface area (TPSA) is 102 Å². The van der Waals surface area contributed by atoms with E-state index in [-0.39, 0.29) is 28.0 Å². The summed E-state index contributed by atoms with van der Waals surface area (Å²) in [6, 6.07) is 10.5. The number of carbonyl (C=O) groups is 2. The van der Waals surface area contributed by atoms with Crippen LogP contribution in [0.25, 0.3) is 0 Å². The largest absolute Gasteiger partial charge is 0.465 e. The van der Waals surface area contributed by atoms with Crippen LogP contribution in [0.2, 0.25) is 0 Å². The van der Waals surface area contributed by atoms with Crippen LogP contribution >= 0.6 is 11.8 Å². The molecule has 0 saturated heterocycles. The molecule has 1 amide bonds. The SMILES string of the molecule is COC(=O)c1cccc(NS(=O)(=O)c2ccc(SC)c(NC(=O)C(C)C)c2)c1. The quantitative estimate of drug-likeness (QED) is 0.522. The molecular weight excluding hydrogens is 400 g/mol. The molecule has 150 valence electrons. The summed E-state index contributed by atoms with van der Waals surface area (Å²) in [7, 11) is -2.68. The number of hydrogen-bond donors (Lipinski definition) is 2. The van der Waals surface area contributed by atoms with Gasteiger partial charge in [0.15, 0.2) is 0 Å². The number of hydrogen-bond acceptors (Lipinski definition) is 6. The van der Waals surface area contributed by atoms with Gasteiger partial charge < -0.3 is 10.1 Å².